The number of amides is 3. The van der Waals surface area contributed by atoms with Crippen molar-refractivity contribution in [3.05, 3.63) is 40.9 Å². The first-order chi connectivity index (χ1) is 12.2. The van der Waals surface area contributed by atoms with Crippen LogP contribution in [0, 0.1) is 11.8 Å². The number of rotatable bonds is 3. The Kier molecular flexibility index (Phi) is 4.79. The van der Waals surface area contributed by atoms with Gasteiger partial charge in [0, 0.05) is 5.69 Å². The van der Waals surface area contributed by atoms with E-state index >= 15 is 0 Å². The van der Waals surface area contributed by atoms with Gasteiger partial charge < -0.3 is 5.32 Å². The first-order valence-electron chi connectivity index (χ1n) is 7.85. The molecule has 0 bridgehead atoms. The summed E-state index contributed by atoms with van der Waals surface area (Å²) in [6.45, 7) is -0.533. The lowest BCUT2D eigenvalue weighted by Crippen LogP contribution is -2.38. The van der Waals surface area contributed by atoms with Crippen molar-refractivity contribution in [1.82, 2.24) is 4.90 Å². The zero-order valence-electron chi connectivity index (χ0n) is 13.3. The standard InChI is InChI=1S/C17H14ClF3N2O3/c18-13-6-5-9(7-12(13)17(19,20)21)22-14(24)8-23-15(25)10-3-1-2-4-11(10)16(23)26/h1-2,5-7,10-11H,3-4,8H2,(H,22,24). The van der Waals surface area contributed by atoms with Crippen LogP contribution in [0.25, 0.3) is 0 Å². The van der Waals surface area contributed by atoms with Crippen molar-refractivity contribution in [3.8, 4) is 0 Å². The van der Waals surface area contributed by atoms with Gasteiger partial charge in [-0.05, 0) is 31.0 Å². The van der Waals surface area contributed by atoms with Gasteiger partial charge in [-0.25, -0.2) is 0 Å². The number of anilines is 1. The van der Waals surface area contributed by atoms with Crippen molar-refractivity contribution >= 4 is 35.0 Å². The molecule has 2 aliphatic rings. The maximum atomic E-state index is 12.9. The van der Waals surface area contributed by atoms with Gasteiger partial charge in [-0.1, -0.05) is 23.8 Å². The van der Waals surface area contributed by atoms with Gasteiger partial charge in [0.25, 0.3) is 0 Å². The summed E-state index contributed by atoms with van der Waals surface area (Å²) in [6.07, 6.45) is -0.134. The third kappa shape index (κ3) is 3.46. The van der Waals surface area contributed by atoms with Gasteiger partial charge in [-0.15, -0.1) is 0 Å². The van der Waals surface area contributed by atoms with Gasteiger partial charge in [0.2, 0.25) is 17.7 Å². The summed E-state index contributed by atoms with van der Waals surface area (Å²) in [5.74, 6) is -2.53. The van der Waals surface area contributed by atoms with Gasteiger partial charge in [0.15, 0.2) is 0 Å². The predicted octanol–water partition coefficient (Wildman–Crippen LogP) is 3.25. The average molecular weight is 387 g/mol. The zero-order valence-corrected chi connectivity index (χ0v) is 14.1. The number of alkyl halides is 3. The SMILES string of the molecule is O=C(CN1C(=O)C2CC=CCC2C1=O)Nc1ccc(Cl)c(C(F)(F)F)c1. The number of fused-ring (bicyclic) bond motifs is 1. The molecule has 138 valence electrons. The highest BCUT2D eigenvalue weighted by Gasteiger charge is 2.47. The molecule has 0 aromatic heterocycles. The summed E-state index contributed by atoms with van der Waals surface area (Å²) < 4.78 is 38.6. The number of hydrogen-bond acceptors (Lipinski definition) is 3. The molecule has 0 saturated carbocycles. The molecule has 1 saturated heterocycles. The molecule has 1 N–H and O–H groups in total. The highest BCUT2D eigenvalue weighted by Crippen LogP contribution is 2.37. The van der Waals surface area contributed by atoms with Crippen LogP contribution >= 0.6 is 11.6 Å². The molecule has 1 aliphatic heterocycles. The normalized spacial score (nSPS) is 22.5. The predicted molar refractivity (Wildman–Crippen MR) is 87.2 cm³/mol. The summed E-state index contributed by atoms with van der Waals surface area (Å²) in [5.41, 5.74) is -1.20. The molecule has 26 heavy (non-hydrogen) atoms. The summed E-state index contributed by atoms with van der Waals surface area (Å²) >= 11 is 5.53. The number of carbonyl (C=O) groups excluding carboxylic acids is 3. The second-order valence-corrected chi connectivity index (χ2v) is 6.57. The lowest BCUT2D eigenvalue weighted by atomic mass is 9.85. The lowest BCUT2D eigenvalue weighted by molar-refractivity contribution is -0.142. The quantitative estimate of drug-likeness (QED) is 0.640. The second kappa shape index (κ2) is 6.75. The molecule has 2 atom stereocenters. The van der Waals surface area contributed by atoms with Crippen molar-refractivity contribution in [2.45, 2.75) is 19.0 Å². The Morgan fingerprint density at radius 3 is 2.27 bits per heavy atom. The van der Waals surface area contributed by atoms with Crippen LogP contribution in [0.3, 0.4) is 0 Å². The lowest BCUT2D eigenvalue weighted by Gasteiger charge is -2.15. The molecule has 0 radical (unpaired) electrons. The zero-order chi connectivity index (χ0) is 19.1. The van der Waals surface area contributed by atoms with Crippen LogP contribution in [-0.4, -0.2) is 29.2 Å². The number of benzene rings is 1. The summed E-state index contributed by atoms with van der Waals surface area (Å²) in [4.78, 5) is 37.6. The van der Waals surface area contributed by atoms with E-state index in [-0.39, 0.29) is 5.69 Å². The fourth-order valence-electron chi connectivity index (χ4n) is 3.19. The number of hydrogen-bond donors (Lipinski definition) is 1. The van der Waals surface area contributed by atoms with Gasteiger partial charge in [0.1, 0.15) is 6.54 Å². The van der Waals surface area contributed by atoms with Crippen LogP contribution in [0.1, 0.15) is 18.4 Å². The summed E-state index contributed by atoms with van der Waals surface area (Å²) in [6, 6.07) is 2.94. The van der Waals surface area contributed by atoms with E-state index in [9.17, 15) is 27.6 Å². The smallest absolute Gasteiger partial charge is 0.325 e. The first kappa shape index (κ1) is 18.4. The largest absolute Gasteiger partial charge is 0.417 e. The van der Waals surface area contributed by atoms with Crippen LogP contribution in [0.15, 0.2) is 30.4 Å². The van der Waals surface area contributed by atoms with Crippen LogP contribution in [0.5, 0.6) is 0 Å². The van der Waals surface area contributed by atoms with E-state index < -0.39 is 52.9 Å². The number of nitrogens with one attached hydrogen (secondary N) is 1. The Labute approximate surface area is 151 Å². The minimum Gasteiger partial charge on any atom is -0.325 e. The van der Waals surface area contributed by atoms with Crippen molar-refractivity contribution in [3.63, 3.8) is 0 Å². The molecular weight excluding hydrogens is 373 g/mol. The molecule has 1 heterocycles. The Morgan fingerprint density at radius 2 is 1.73 bits per heavy atom. The molecule has 3 amide bonds. The molecule has 3 rings (SSSR count). The number of imide groups is 1. The van der Waals surface area contributed by atoms with Crippen LogP contribution < -0.4 is 5.32 Å². The van der Waals surface area contributed by atoms with Gasteiger partial charge in [-0.2, -0.15) is 13.2 Å². The second-order valence-electron chi connectivity index (χ2n) is 6.16. The van der Waals surface area contributed by atoms with E-state index in [0.717, 1.165) is 11.0 Å². The minimum atomic E-state index is -4.67. The molecule has 1 aliphatic carbocycles. The molecule has 1 fully saturated rings. The monoisotopic (exact) mass is 386 g/mol. The maximum Gasteiger partial charge on any atom is 0.417 e. The van der Waals surface area contributed by atoms with E-state index in [2.05, 4.69) is 5.32 Å². The number of halogens is 4. The fourth-order valence-corrected chi connectivity index (χ4v) is 3.41. The average Bonchev–Trinajstić information content (AvgIpc) is 2.81. The van der Waals surface area contributed by atoms with Crippen molar-refractivity contribution < 1.29 is 27.6 Å². The third-order valence-electron chi connectivity index (χ3n) is 4.46. The van der Waals surface area contributed by atoms with E-state index in [1.807, 2.05) is 12.2 Å². The molecule has 0 spiro atoms. The summed E-state index contributed by atoms with van der Waals surface area (Å²) in [5, 5.41) is 1.78. The number of carbonyl (C=O) groups is 3. The molecule has 1 aromatic rings. The topological polar surface area (TPSA) is 66.5 Å². The highest BCUT2D eigenvalue weighted by atomic mass is 35.5. The van der Waals surface area contributed by atoms with Gasteiger partial charge in [-0.3, -0.25) is 19.3 Å². The highest BCUT2D eigenvalue weighted by molar-refractivity contribution is 6.31. The maximum absolute atomic E-state index is 12.9. The molecular formula is C17H14ClF3N2O3. The number of nitrogens with zero attached hydrogens (tertiary/aromatic N) is 1. The van der Waals surface area contributed by atoms with Crippen molar-refractivity contribution in [2.75, 3.05) is 11.9 Å². The fraction of sp³-hybridized carbons (Fsp3) is 0.353. The third-order valence-corrected chi connectivity index (χ3v) is 4.79. The van der Waals surface area contributed by atoms with E-state index in [0.29, 0.717) is 18.9 Å². The summed E-state index contributed by atoms with van der Waals surface area (Å²) in [7, 11) is 0. The van der Waals surface area contributed by atoms with Crippen LogP contribution in [0.4, 0.5) is 18.9 Å². The molecule has 9 heteroatoms. The van der Waals surface area contributed by atoms with E-state index in [4.69, 9.17) is 11.6 Å². The van der Waals surface area contributed by atoms with E-state index in [1.54, 1.807) is 0 Å². The Hall–Kier alpha value is -2.35. The molecule has 2 unspecified atom stereocenters. The van der Waals surface area contributed by atoms with Crippen LogP contribution in [0.2, 0.25) is 5.02 Å². The molecule has 5 nitrogen and oxygen atoms in total. The van der Waals surface area contributed by atoms with Crippen LogP contribution in [-0.2, 0) is 20.6 Å². The Morgan fingerprint density at radius 1 is 1.15 bits per heavy atom. The van der Waals surface area contributed by atoms with Gasteiger partial charge >= 0.3 is 6.18 Å². The van der Waals surface area contributed by atoms with E-state index in [1.165, 1.54) is 6.07 Å². The Bertz CT molecular complexity index is 781. The number of allylic oxidation sites excluding steroid dienone is 2. The van der Waals surface area contributed by atoms with Crippen molar-refractivity contribution in [2.24, 2.45) is 11.8 Å². The molecule has 1 aromatic carbocycles. The minimum absolute atomic E-state index is 0.120. The van der Waals surface area contributed by atoms with Crippen molar-refractivity contribution in [1.29, 1.82) is 0 Å². The van der Waals surface area contributed by atoms with Gasteiger partial charge in [0.05, 0.1) is 22.4 Å². The first-order valence-corrected chi connectivity index (χ1v) is 8.23. The number of likely N-dealkylation sites (tertiary alicyclic amines) is 1. The Balaban J connectivity index is 1.70.